The van der Waals surface area contributed by atoms with Gasteiger partial charge in [0.05, 0.1) is 42.7 Å². The molecule has 5 rings (SSSR count). The molecule has 48 heavy (non-hydrogen) atoms. The number of allylic oxidation sites excluding steroid dienone is 1. The number of halogens is 2. The van der Waals surface area contributed by atoms with Crippen molar-refractivity contribution in [3.63, 3.8) is 0 Å². The number of carbonyl (C=O) groups is 4. The highest BCUT2D eigenvalue weighted by Crippen LogP contribution is 2.46. The van der Waals surface area contributed by atoms with Gasteiger partial charge in [0.2, 0.25) is 11.8 Å². The van der Waals surface area contributed by atoms with Crippen LogP contribution in [0.2, 0.25) is 10.0 Å². The van der Waals surface area contributed by atoms with Crippen molar-refractivity contribution >= 4 is 58.3 Å². The van der Waals surface area contributed by atoms with Gasteiger partial charge in [0.25, 0.3) is 0 Å². The van der Waals surface area contributed by atoms with Gasteiger partial charge < -0.3 is 24.6 Å². The van der Waals surface area contributed by atoms with Gasteiger partial charge in [-0.05, 0) is 44.4 Å². The fourth-order valence-corrected chi connectivity index (χ4v) is 7.83. The molecule has 4 heterocycles. The van der Waals surface area contributed by atoms with E-state index < -0.39 is 17.9 Å². The molecule has 1 atom stereocenters. The molecule has 3 aliphatic heterocycles. The monoisotopic (exact) mass is 717 g/mol. The zero-order valence-electron chi connectivity index (χ0n) is 27.3. The van der Waals surface area contributed by atoms with E-state index in [1.54, 1.807) is 29.3 Å². The normalized spacial score (nSPS) is 18.8. The molecule has 0 bridgehead atoms. The second-order valence-electron chi connectivity index (χ2n) is 12.0. The molecule has 1 aromatic carbocycles. The minimum Gasteiger partial charge on any atom is -0.466 e. The Balaban J connectivity index is 1.36. The number of nitrogens with one attached hydrogen (secondary N) is 1. The number of likely N-dealkylation sites (tertiary alicyclic amines) is 1. The average Bonchev–Trinajstić information content (AvgIpc) is 3.76. The van der Waals surface area contributed by atoms with Gasteiger partial charge in [-0.1, -0.05) is 29.3 Å². The number of thiazole rings is 1. The lowest BCUT2D eigenvalue weighted by Gasteiger charge is -2.36. The molecule has 11 nitrogen and oxygen atoms in total. The third-order valence-electron chi connectivity index (χ3n) is 9.08. The highest BCUT2D eigenvalue weighted by molar-refractivity contribution is 7.09. The molecule has 0 spiro atoms. The van der Waals surface area contributed by atoms with Crippen molar-refractivity contribution in [2.24, 2.45) is 0 Å². The predicted octanol–water partition coefficient (Wildman–Crippen LogP) is 4.56. The van der Waals surface area contributed by atoms with E-state index in [-0.39, 0.29) is 39.4 Å². The molecule has 0 aliphatic carbocycles. The third-order valence-corrected chi connectivity index (χ3v) is 10.6. The van der Waals surface area contributed by atoms with Crippen LogP contribution in [0.25, 0.3) is 0 Å². The number of aromatic nitrogens is 1. The van der Waals surface area contributed by atoms with Gasteiger partial charge in [0, 0.05) is 90.7 Å². The topological polar surface area (TPSA) is 121 Å². The number of esters is 2. The van der Waals surface area contributed by atoms with Crippen molar-refractivity contribution in [1.29, 1.82) is 0 Å². The first-order valence-corrected chi connectivity index (χ1v) is 17.8. The lowest BCUT2D eigenvalue weighted by Crippen LogP contribution is -2.49. The number of hydrogen-bond acceptors (Lipinski definition) is 10. The maximum atomic E-state index is 13.8. The van der Waals surface area contributed by atoms with Crippen LogP contribution in [0.15, 0.2) is 52.3 Å². The summed E-state index contributed by atoms with van der Waals surface area (Å²) in [5.41, 5.74) is 1.42. The van der Waals surface area contributed by atoms with Crippen LogP contribution in [0.1, 0.15) is 55.0 Å². The summed E-state index contributed by atoms with van der Waals surface area (Å²) in [5.74, 6) is -2.32. The molecule has 2 aromatic rings. The number of ether oxygens (including phenoxy) is 2. The van der Waals surface area contributed by atoms with E-state index in [2.05, 4.69) is 15.2 Å². The number of methoxy groups -OCH3 is 2. The summed E-state index contributed by atoms with van der Waals surface area (Å²) in [7, 11) is 2.52. The Morgan fingerprint density at radius 2 is 1.60 bits per heavy atom. The second kappa shape index (κ2) is 16.8. The van der Waals surface area contributed by atoms with Crippen LogP contribution in [0.5, 0.6) is 0 Å². The van der Waals surface area contributed by atoms with E-state index in [1.807, 2.05) is 10.3 Å². The molecule has 2 fully saturated rings. The zero-order chi connectivity index (χ0) is 34.2. The van der Waals surface area contributed by atoms with Gasteiger partial charge in [-0.25, -0.2) is 14.6 Å². The van der Waals surface area contributed by atoms with Crippen LogP contribution >= 0.6 is 34.5 Å². The molecule has 14 heteroatoms. The van der Waals surface area contributed by atoms with E-state index in [4.69, 9.17) is 32.7 Å². The molecule has 2 amide bonds. The maximum Gasteiger partial charge on any atom is 0.336 e. The SMILES string of the molecule is COC(=O)C1=C(CCc2nccs2)NC(CC(=O)N2CCN(CCCCN3CCCC3=O)CC2)=C(C(=O)OC)C1c1c(Cl)cccc1Cl. The highest BCUT2D eigenvalue weighted by Gasteiger charge is 2.42. The van der Waals surface area contributed by atoms with E-state index in [9.17, 15) is 19.2 Å². The van der Waals surface area contributed by atoms with Gasteiger partial charge in [0.15, 0.2) is 0 Å². The first-order valence-electron chi connectivity index (χ1n) is 16.2. The van der Waals surface area contributed by atoms with Crippen molar-refractivity contribution in [3.05, 3.63) is 72.9 Å². The number of carbonyl (C=O) groups excluding carboxylic acids is 4. The number of rotatable bonds is 13. The first kappa shape index (κ1) is 35.8. The van der Waals surface area contributed by atoms with Gasteiger partial charge in [-0.2, -0.15) is 0 Å². The van der Waals surface area contributed by atoms with Crippen LogP contribution < -0.4 is 5.32 Å². The fraction of sp³-hybridized carbons (Fsp3) is 0.500. The number of aryl methyl sites for hydroxylation is 1. The van der Waals surface area contributed by atoms with Crippen molar-refractivity contribution in [2.45, 2.75) is 50.9 Å². The number of hydrogen-bond donors (Lipinski definition) is 1. The molecule has 258 valence electrons. The minimum atomic E-state index is -1.05. The molecule has 1 aromatic heterocycles. The Morgan fingerprint density at radius 1 is 0.938 bits per heavy atom. The van der Waals surface area contributed by atoms with Crippen molar-refractivity contribution < 1.29 is 28.7 Å². The van der Waals surface area contributed by atoms with Gasteiger partial charge in [-0.15, -0.1) is 11.3 Å². The highest BCUT2D eigenvalue weighted by atomic mass is 35.5. The zero-order valence-corrected chi connectivity index (χ0v) is 29.6. The summed E-state index contributed by atoms with van der Waals surface area (Å²) in [4.78, 5) is 63.3. The molecular formula is C34H41Cl2N5O6S. The Hall–Kier alpha value is -3.45. The van der Waals surface area contributed by atoms with Crippen LogP contribution in [-0.4, -0.2) is 103 Å². The summed E-state index contributed by atoms with van der Waals surface area (Å²) < 4.78 is 10.5. The van der Waals surface area contributed by atoms with E-state index in [0.717, 1.165) is 57.0 Å². The fourth-order valence-electron chi connectivity index (χ4n) is 6.59. The van der Waals surface area contributed by atoms with Crippen LogP contribution in [0.4, 0.5) is 0 Å². The number of nitrogens with zero attached hydrogens (tertiary/aromatic N) is 4. The number of unbranched alkanes of at least 4 members (excludes halogenated alkanes) is 1. The molecule has 0 saturated carbocycles. The third kappa shape index (κ3) is 8.39. The smallest absolute Gasteiger partial charge is 0.336 e. The van der Waals surface area contributed by atoms with Gasteiger partial charge in [-0.3, -0.25) is 14.5 Å². The average molecular weight is 719 g/mol. The second-order valence-corrected chi connectivity index (χ2v) is 13.8. The Kier molecular flexibility index (Phi) is 12.5. The summed E-state index contributed by atoms with van der Waals surface area (Å²) in [6, 6.07) is 4.96. The number of dihydropyridines is 1. The van der Waals surface area contributed by atoms with Gasteiger partial charge in [0.1, 0.15) is 0 Å². The Labute approximate surface area is 294 Å². The molecule has 0 radical (unpaired) electrons. The first-order chi connectivity index (χ1) is 23.2. The quantitative estimate of drug-likeness (QED) is 0.235. The number of amides is 2. The van der Waals surface area contributed by atoms with E-state index in [0.29, 0.717) is 49.3 Å². The largest absolute Gasteiger partial charge is 0.466 e. The molecule has 3 aliphatic rings. The molecule has 1 N–H and O–H groups in total. The van der Waals surface area contributed by atoms with Crippen LogP contribution in [-0.2, 0) is 35.1 Å². The Bertz CT molecular complexity index is 1550. The van der Waals surface area contributed by atoms with Crippen molar-refractivity contribution in [3.8, 4) is 0 Å². The minimum absolute atomic E-state index is 0.0781. The maximum absolute atomic E-state index is 13.8. The van der Waals surface area contributed by atoms with Crippen LogP contribution in [0, 0.1) is 0 Å². The molecule has 1 unspecified atom stereocenters. The standard InChI is InChI=1S/C34H41Cl2N5O6S/c1-46-33(44)30-24(10-11-26-37-12-20-48-26)38-25(31(34(45)47-2)32(30)29-22(35)7-5-8-23(29)36)21-28(43)41-18-16-39(17-19-41)13-3-4-14-40-15-6-9-27(40)42/h5,7-8,12,20,32,38H,3-4,6,9-11,13-19,21H2,1-2H3. The molecule has 2 saturated heterocycles. The lowest BCUT2D eigenvalue weighted by molar-refractivity contribution is -0.137. The van der Waals surface area contributed by atoms with Gasteiger partial charge >= 0.3 is 11.9 Å². The number of benzene rings is 1. The molecular weight excluding hydrogens is 677 g/mol. The summed E-state index contributed by atoms with van der Waals surface area (Å²) >= 11 is 14.9. The lowest BCUT2D eigenvalue weighted by atomic mass is 9.78. The van der Waals surface area contributed by atoms with Crippen LogP contribution in [0.3, 0.4) is 0 Å². The van der Waals surface area contributed by atoms with E-state index in [1.165, 1.54) is 25.6 Å². The summed E-state index contributed by atoms with van der Waals surface area (Å²) in [6.07, 6.45) is 6.02. The van der Waals surface area contributed by atoms with Crippen molar-refractivity contribution in [2.75, 3.05) is 60.0 Å². The van der Waals surface area contributed by atoms with E-state index >= 15 is 0 Å². The predicted molar refractivity (Wildman–Crippen MR) is 184 cm³/mol. The summed E-state index contributed by atoms with van der Waals surface area (Å²) in [5, 5.41) is 6.54. The summed E-state index contributed by atoms with van der Waals surface area (Å²) in [6.45, 7) is 5.13. The number of piperazine rings is 1. The Morgan fingerprint density at radius 3 is 2.21 bits per heavy atom. The van der Waals surface area contributed by atoms with Crippen molar-refractivity contribution in [1.82, 2.24) is 25.0 Å².